The van der Waals surface area contributed by atoms with Gasteiger partial charge in [-0.05, 0) is 34.0 Å². The van der Waals surface area contributed by atoms with Crippen LogP contribution in [0.15, 0.2) is 66.7 Å². The molecule has 0 aliphatic heterocycles. The van der Waals surface area contributed by atoms with E-state index >= 15 is 0 Å². The third kappa shape index (κ3) is 4.85. The zero-order valence-electron chi connectivity index (χ0n) is 15.0. The lowest BCUT2D eigenvalue weighted by molar-refractivity contribution is -0.141. The molecule has 0 aliphatic rings. The summed E-state index contributed by atoms with van der Waals surface area (Å²) in [7, 11) is 1.57. The highest BCUT2D eigenvalue weighted by molar-refractivity contribution is 5.87. The number of aliphatic carboxylic acids is 1. The first-order valence-electron chi connectivity index (χ1n) is 8.68. The van der Waals surface area contributed by atoms with Crippen LogP contribution in [0, 0.1) is 0 Å². The van der Waals surface area contributed by atoms with Crippen molar-refractivity contribution < 1.29 is 19.4 Å². The number of hydrogen-bond donors (Lipinski definition) is 2. The summed E-state index contributed by atoms with van der Waals surface area (Å²) in [6.07, 6.45) is 0.347. The van der Waals surface area contributed by atoms with Crippen LogP contribution in [-0.2, 0) is 22.4 Å². The molecule has 0 unspecified atom stereocenters. The predicted molar refractivity (Wildman–Crippen MR) is 104 cm³/mol. The Hall–Kier alpha value is -3.34. The van der Waals surface area contributed by atoms with Crippen LogP contribution in [0.5, 0.6) is 5.75 Å². The summed E-state index contributed by atoms with van der Waals surface area (Å²) >= 11 is 0. The van der Waals surface area contributed by atoms with Crippen LogP contribution >= 0.6 is 0 Å². The normalized spacial score (nSPS) is 11.7. The first-order chi connectivity index (χ1) is 13.0. The molecule has 0 radical (unpaired) electrons. The summed E-state index contributed by atoms with van der Waals surface area (Å²) in [4.78, 5) is 23.9. The molecule has 3 aromatic carbocycles. The highest BCUT2D eigenvalue weighted by Gasteiger charge is 2.20. The summed E-state index contributed by atoms with van der Waals surface area (Å²) in [6, 6.07) is 19.9. The summed E-state index contributed by atoms with van der Waals surface area (Å²) in [6.45, 7) is 0. The molecule has 0 heterocycles. The first-order valence-corrected chi connectivity index (χ1v) is 8.68. The molecule has 138 valence electrons. The van der Waals surface area contributed by atoms with E-state index in [2.05, 4.69) is 5.32 Å². The van der Waals surface area contributed by atoms with E-state index in [-0.39, 0.29) is 18.7 Å². The molecule has 0 aliphatic carbocycles. The van der Waals surface area contributed by atoms with Crippen LogP contribution in [0.2, 0.25) is 0 Å². The van der Waals surface area contributed by atoms with E-state index in [9.17, 15) is 14.7 Å². The standard InChI is InChI=1S/C22H21NO4/c1-27-19-10-7-15(8-11-19)13-20(22(25)26)23-21(24)14-16-6-9-17-4-2-3-5-18(17)12-16/h2-12,20H,13-14H2,1H3,(H,23,24)(H,25,26)/t20-/m1/s1. The van der Waals surface area contributed by atoms with Gasteiger partial charge in [0, 0.05) is 6.42 Å². The zero-order valence-corrected chi connectivity index (χ0v) is 15.0. The number of carbonyl (C=O) groups excluding carboxylic acids is 1. The summed E-state index contributed by atoms with van der Waals surface area (Å²) < 4.78 is 5.10. The van der Waals surface area contributed by atoms with Gasteiger partial charge in [-0.2, -0.15) is 0 Å². The highest BCUT2D eigenvalue weighted by atomic mass is 16.5. The molecule has 0 aromatic heterocycles. The van der Waals surface area contributed by atoms with Crippen LogP contribution in [0.25, 0.3) is 10.8 Å². The maximum atomic E-state index is 12.4. The Morgan fingerprint density at radius 3 is 2.30 bits per heavy atom. The molecule has 27 heavy (non-hydrogen) atoms. The SMILES string of the molecule is COc1ccc(C[C@@H](NC(=O)Cc2ccc3ccccc3c2)C(=O)O)cc1. The van der Waals surface area contributed by atoms with E-state index in [4.69, 9.17) is 4.74 Å². The number of hydrogen-bond acceptors (Lipinski definition) is 3. The number of carboxylic acids is 1. The molecule has 1 atom stereocenters. The molecule has 5 nitrogen and oxygen atoms in total. The van der Waals surface area contributed by atoms with Crippen molar-refractivity contribution in [1.29, 1.82) is 0 Å². The van der Waals surface area contributed by atoms with Crippen molar-refractivity contribution in [3.05, 3.63) is 77.9 Å². The predicted octanol–water partition coefficient (Wildman–Crippen LogP) is 3.20. The molecule has 0 bridgehead atoms. The molecule has 0 fully saturated rings. The van der Waals surface area contributed by atoms with E-state index in [0.29, 0.717) is 5.75 Å². The maximum Gasteiger partial charge on any atom is 0.326 e. The highest BCUT2D eigenvalue weighted by Crippen LogP contribution is 2.16. The van der Waals surface area contributed by atoms with E-state index < -0.39 is 12.0 Å². The second-order valence-corrected chi connectivity index (χ2v) is 6.37. The Labute approximate surface area is 157 Å². The molecule has 3 rings (SSSR count). The number of rotatable bonds is 7. The minimum absolute atomic E-state index is 0.136. The van der Waals surface area contributed by atoms with Gasteiger partial charge < -0.3 is 15.2 Å². The van der Waals surface area contributed by atoms with Gasteiger partial charge in [-0.1, -0.05) is 54.6 Å². The fourth-order valence-corrected chi connectivity index (χ4v) is 2.98. The van der Waals surface area contributed by atoms with Crippen molar-refractivity contribution >= 4 is 22.6 Å². The molecule has 2 N–H and O–H groups in total. The third-order valence-corrected chi connectivity index (χ3v) is 4.41. The maximum absolute atomic E-state index is 12.4. The second-order valence-electron chi connectivity index (χ2n) is 6.37. The van der Waals surface area contributed by atoms with Crippen molar-refractivity contribution in [2.24, 2.45) is 0 Å². The number of ether oxygens (including phenoxy) is 1. The van der Waals surface area contributed by atoms with Gasteiger partial charge in [0.15, 0.2) is 0 Å². The number of benzene rings is 3. The topological polar surface area (TPSA) is 75.6 Å². The first kappa shape index (κ1) is 18.5. The molecular weight excluding hydrogens is 342 g/mol. The number of amides is 1. The van der Waals surface area contributed by atoms with E-state index in [0.717, 1.165) is 21.9 Å². The van der Waals surface area contributed by atoms with Crippen molar-refractivity contribution in [2.45, 2.75) is 18.9 Å². The fourth-order valence-electron chi connectivity index (χ4n) is 2.98. The van der Waals surface area contributed by atoms with E-state index in [1.54, 1.807) is 31.4 Å². The lowest BCUT2D eigenvalue weighted by Gasteiger charge is -2.15. The molecule has 5 heteroatoms. The average molecular weight is 363 g/mol. The summed E-state index contributed by atoms with van der Waals surface area (Å²) in [5, 5.41) is 14.2. The van der Waals surface area contributed by atoms with Gasteiger partial charge >= 0.3 is 5.97 Å². The van der Waals surface area contributed by atoms with Crippen LogP contribution in [0.1, 0.15) is 11.1 Å². The Bertz CT molecular complexity index is 950. The molecule has 1 amide bonds. The number of carboxylic acid groups (broad SMARTS) is 1. The minimum atomic E-state index is -1.06. The lowest BCUT2D eigenvalue weighted by Crippen LogP contribution is -2.43. The van der Waals surface area contributed by atoms with Crippen LogP contribution in [0.4, 0.5) is 0 Å². The van der Waals surface area contributed by atoms with Crippen molar-refractivity contribution in [1.82, 2.24) is 5.32 Å². The van der Waals surface area contributed by atoms with Crippen molar-refractivity contribution in [3.8, 4) is 5.75 Å². The van der Waals surface area contributed by atoms with Gasteiger partial charge in [0.25, 0.3) is 0 Å². The number of carbonyl (C=O) groups is 2. The Kier molecular flexibility index (Phi) is 5.71. The van der Waals surface area contributed by atoms with Gasteiger partial charge in [-0.25, -0.2) is 4.79 Å². The number of fused-ring (bicyclic) bond motifs is 1. The smallest absolute Gasteiger partial charge is 0.326 e. The largest absolute Gasteiger partial charge is 0.497 e. The molecule has 0 saturated heterocycles. The Balaban J connectivity index is 1.65. The van der Waals surface area contributed by atoms with Gasteiger partial charge in [-0.3, -0.25) is 4.79 Å². The van der Waals surface area contributed by atoms with Crippen LogP contribution in [-0.4, -0.2) is 30.1 Å². The van der Waals surface area contributed by atoms with Crippen molar-refractivity contribution in [3.63, 3.8) is 0 Å². The Morgan fingerprint density at radius 2 is 1.63 bits per heavy atom. The molecule has 3 aromatic rings. The minimum Gasteiger partial charge on any atom is -0.497 e. The van der Waals surface area contributed by atoms with Gasteiger partial charge in [0.2, 0.25) is 5.91 Å². The second kappa shape index (κ2) is 8.36. The van der Waals surface area contributed by atoms with Crippen molar-refractivity contribution in [2.75, 3.05) is 7.11 Å². The van der Waals surface area contributed by atoms with Crippen LogP contribution < -0.4 is 10.1 Å². The van der Waals surface area contributed by atoms with Gasteiger partial charge in [0.1, 0.15) is 11.8 Å². The number of nitrogens with one attached hydrogen (secondary N) is 1. The van der Waals surface area contributed by atoms with Gasteiger partial charge in [-0.15, -0.1) is 0 Å². The lowest BCUT2D eigenvalue weighted by atomic mass is 10.0. The fraction of sp³-hybridized carbons (Fsp3) is 0.182. The quantitative estimate of drug-likeness (QED) is 0.676. The number of methoxy groups -OCH3 is 1. The molecule has 0 spiro atoms. The monoisotopic (exact) mass is 363 g/mol. The van der Waals surface area contributed by atoms with E-state index in [1.165, 1.54) is 0 Å². The van der Waals surface area contributed by atoms with Crippen LogP contribution in [0.3, 0.4) is 0 Å². The zero-order chi connectivity index (χ0) is 19.2. The summed E-state index contributed by atoms with van der Waals surface area (Å²) in [5.41, 5.74) is 1.66. The molecule has 0 saturated carbocycles. The molecular formula is C22H21NO4. The Morgan fingerprint density at radius 1 is 0.963 bits per heavy atom. The van der Waals surface area contributed by atoms with Gasteiger partial charge in [0.05, 0.1) is 13.5 Å². The third-order valence-electron chi connectivity index (χ3n) is 4.41. The summed E-state index contributed by atoms with van der Waals surface area (Å²) in [5.74, 6) is -0.671. The van der Waals surface area contributed by atoms with E-state index in [1.807, 2.05) is 42.5 Å². The average Bonchev–Trinajstić information content (AvgIpc) is 2.68.